The zero-order valence-corrected chi connectivity index (χ0v) is 14.3. The van der Waals surface area contributed by atoms with E-state index in [1.807, 2.05) is 12.1 Å². The van der Waals surface area contributed by atoms with Crippen LogP contribution in [-0.4, -0.2) is 29.9 Å². The maximum Gasteiger partial charge on any atom is 0.416 e. The molecule has 2 heterocycles. The van der Waals surface area contributed by atoms with E-state index in [9.17, 15) is 22.8 Å². The topological polar surface area (TPSA) is 46.6 Å². The van der Waals surface area contributed by atoms with Gasteiger partial charge in [-0.1, -0.05) is 18.2 Å². The van der Waals surface area contributed by atoms with Gasteiger partial charge >= 0.3 is 12.1 Å². The van der Waals surface area contributed by atoms with Crippen LogP contribution in [0.4, 0.5) is 13.2 Å². The monoisotopic (exact) mass is 375 g/mol. The summed E-state index contributed by atoms with van der Waals surface area (Å²) in [6.45, 7) is 0.725. The molecule has 1 saturated heterocycles. The molecule has 1 spiro atoms. The molecule has 4 rings (SSSR count). The van der Waals surface area contributed by atoms with E-state index >= 15 is 0 Å². The summed E-state index contributed by atoms with van der Waals surface area (Å²) < 4.78 is 43.6. The highest BCUT2D eigenvalue weighted by Crippen LogP contribution is 2.44. The van der Waals surface area contributed by atoms with Crippen LogP contribution in [0.5, 0.6) is 0 Å². The smallest absolute Gasteiger partial charge is 0.416 e. The fourth-order valence-electron chi connectivity index (χ4n) is 3.77. The fourth-order valence-corrected chi connectivity index (χ4v) is 3.77. The molecule has 2 aromatic carbocycles. The molecule has 0 unspecified atom stereocenters. The lowest BCUT2D eigenvalue weighted by atomic mass is 9.83. The lowest BCUT2D eigenvalue weighted by molar-refractivity contribution is -0.137. The van der Waals surface area contributed by atoms with Crippen molar-refractivity contribution in [3.05, 3.63) is 70.8 Å². The molecule has 0 atom stereocenters. The molecule has 1 fully saturated rings. The number of nitrogens with zero attached hydrogens (tertiary/aromatic N) is 1. The Morgan fingerprint density at radius 1 is 1.00 bits per heavy atom. The van der Waals surface area contributed by atoms with Gasteiger partial charge in [-0.2, -0.15) is 13.2 Å². The Labute approximate surface area is 153 Å². The molecule has 2 aromatic rings. The normalized spacial score (nSPS) is 18.3. The Bertz CT molecular complexity index is 897. The summed E-state index contributed by atoms with van der Waals surface area (Å²) in [4.78, 5) is 26.3. The third kappa shape index (κ3) is 2.97. The Morgan fingerprint density at radius 2 is 1.63 bits per heavy atom. The third-order valence-corrected chi connectivity index (χ3v) is 5.24. The van der Waals surface area contributed by atoms with Crippen LogP contribution in [0.2, 0.25) is 0 Å². The summed E-state index contributed by atoms with van der Waals surface area (Å²) in [6, 6.07) is 11.4. The first-order valence-electron chi connectivity index (χ1n) is 8.60. The van der Waals surface area contributed by atoms with E-state index in [1.54, 1.807) is 17.0 Å². The van der Waals surface area contributed by atoms with Crippen molar-refractivity contribution in [2.45, 2.75) is 24.6 Å². The molecule has 2 aliphatic rings. The highest BCUT2D eigenvalue weighted by Gasteiger charge is 2.47. The van der Waals surface area contributed by atoms with Crippen molar-refractivity contribution in [1.29, 1.82) is 0 Å². The molecule has 140 valence electrons. The van der Waals surface area contributed by atoms with Gasteiger partial charge in [0.1, 0.15) is 5.60 Å². The molecule has 0 N–H and O–H groups in total. The number of piperidine rings is 1. The van der Waals surface area contributed by atoms with Crippen LogP contribution in [0, 0.1) is 0 Å². The minimum absolute atomic E-state index is 0.211. The van der Waals surface area contributed by atoms with Crippen LogP contribution < -0.4 is 0 Å². The third-order valence-electron chi connectivity index (χ3n) is 5.24. The van der Waals surface area contributed by atoms with Crippen LogP contribution in [-0.2, 0) is 16.5 Å². The molecule has 0 saturated carbocycles. The molecule has 0 bridgehead atoms. The first kappa shape index (κ1) is 17.6. The van der Waals surface area contributed by atoms with Crippen LogP contribution in [0.1, 0.15) is 44.7 Å². The number of carbonyl (C=O) groups excluding carboxylic acids is 2. The number of fused-ring (bicyclic) bond motifs is 2. The van der Waals surface area contributed by atoms with Crippen molar-refractivity contribution in [2.75, 3.05) is 13.1 Å². The fraction of sp³-hybridized carbons (Fsp3) is 0.300. The molecule has 0 radical (unpaired) electrons. The number of hydrogen-bond donors (Lipinski definition) is 0. The van der Waals surface area contributed by atoms with Gasteiger partial charge in [0.25, 0.3) is 5.91 Å². The van der Waals surface area contributed by atoms with Crippen molar-refractivity contribution < 1.29 is 27.5 Å². The highest BCUT2D eigenvalue weighted by atomic mass is 19.4. The molecule has 1 amide bonds. The van der Waals surface area contributed by atoms with Gasteiger partial charge < -0.3 is 9.64 Å². The van der Waals surface area contributed by atoms with Gasteiger partial charge in [0, 0.05) is 37.1 Å². The van der Waals surface area contributed by atoms with Gasteiger partial charge in [-0.25, -0.2) is 4.79 Å². The average molecular weight is 375 g/mol. The number of amides is 1. The predicted molar refractivity (Wildman–Crippen MR) is 90.1 cm³/mol. The highest BCUT2D eigenvalue weighted by molar-refractivity contribution is 5.95. The van der Waals surface area contributed by atoms with Gasteiger partial charge in [-0.05, 0) is 30.3 Å². The Balaban J connectivity index is 1.49. The molecule has 7 heteroatoms. The second-order valence-electron chi connectivity index (χ2n) is 6.80. The van der Waals surface area contributed by atoms with Crippen molar-refractivity contribution in [1.82, 2.24) is 4.90 Å². The van der Waals surface area contributed by atoms with Gasteiger partial charge in [0.2, 0.25) is 0 Å². The maximum absolute atomic E-state index is 12.7. The second-order valence-corrected chi connectivity index (χ2v) is 6.80. The Hall–Kier alpha value is -2.83. The standard InChI is InChI=1S/C20H16F3NO3/c21-20(22,23)14-7-5-13(6-8-14)17(25)24-11-9-19(10-12-24)16-4-2-1-3-15(16)18(26)27-19/h1-8H,9-12H2. The maximum atomic E-state index is 12.7. The van der Waals surface area contributed by atoms with Crippen molar-refractivity contribution in [3.8, 4) is 0 Å². The molecule has 4 nitrogen and oxygen atoms in total. The van der Waals surface area contributed by atoms with E-state index in [4.69, 9.17) is 4.74 Å². The molecule has 0 aromatic heterocycles. The number of alkyl halides is 3. The second kappa shape index (κ2) is 6.11. The number of ether oxygens (including phenoxy) is 1. The molecule has 0 aliphatic carbocycles. The van der Waals surface area contributed by atoms with E-state index in [-0.39, 0.29) is 17.4 Å². The largest absolute Gasteiger partial charge is 0.450 e. The summed E-state index contributed by atoms with van der Waals surface area (Å²) in [5.41, 5.74) is 0.107. The number of esters is 1. The van der Waals surface area contributed by atoms with Crippen LogP contribution in [0.15, 0.2) is 48.5 Å². The number of benzene rings is 2. The van der Waals surface area contributed by atoms with E-state index < -0.39 is 17.3 Å². The van der Waals surface area contributed by atoms with Crippen molar-refractivity contribution in [2.24, 2.45) is 0 Å². The Kier molecular flexibility index (Phi) is 3.98. The van der Waals surface area contributed by atoms with Crippen molar-refractivity contribution in [3.63, 3.8) is 0 Å². The van der Waals surface area contributed by atoms with Crippen LogP contribution in [0.25, 0.3) is 0 Å². The van der Waals surface area contributed by atoms with Gasteiger partial charge in [-0.15, -0.1) is 0 Å². The number of likely N-dealkylation sites (tertiary alicyclic amines) is 1. The summed E-state index contributed by atoms with van der Waals surface area (Å²) in [5.74, 6) is -0.677. The average Bonchev–Trinajstić information content (AvgIpc) is 2.93. The minimum atomic E-state index is -4.43. The molecular formula is C20H16F3NO3. The van der Waals surface area contributed by atoms with E-state index in [0.717, 1.165) is 17.7 Å². The predicted octanol–water partition coefficient (Wildman–Crippen LogP) is 4.01. The summed E-state index contributed by atoms with van der Waals surface area (Å²) in [6.07, 6.45) is -3.51. The van der Waals surface area contributed by atoms with E-state index in [2.05, 4.69) is 0 Å². The van der Waals surface area contributed by atoms with Gasteiger partial charge in [0.15, 0.2) is 0 Å². The van der Waals surface area contributed by atoms with Gasteiger partial charge in [-0.3, -0.25) is 4.79 Å². The zero-order chi connectivity index (χ0) is 19.2. The quantitative estimate of drug-likeness (QED) is 0.708. The van der Waals surface area contributed by atoms with Crippen molar-refractivity contribution >= 4 is 11.9 Å². The SMILES string of the molecule is O=C1OC2(CCN(C(=O)c3ccc(C(F)(F)F)cc3)CC2)c2ccccc21. The first-order chi connectivity index (χ1) is 12.8. The van der Waals surface area contributed by atoms with E-state index in [1.165, 1.54) is 12.1 Å². The molecule has 27 heavy (non-hydrogen) atoms. The van der Waals surface area contributed by atoms with Crippen LogP contribution >= 0.6 is 0 Å². The number of carbonyl (C=O) groups is 2. The number of hydrogen-bond acceptors (Lipinski definition) is 3. The minimum Gasteiger partial charge on any atom is -0.450 e. The number of halogens is 3. The molecular weight excluding hydrogens is 359 g/mol. The summed E-state index contributed by atoms with van der Waals surface area (Å²) >= 11 is 0. The first-order valence-corrected chi connectivity index (χ1v) is 8.60. The van der Waals surface area contributed by atoms with E-state index in [0.29, 0.717) is 31.5 Å². The van der Waals surface area contributed by atoms with Crippen LogP contribution in [0.3, 0.4) is 0 Å². The lowest BCUT2D eigenvalue weighted by Crippen LogP contribution is -2.45. The lowest BCUT2D eigenvalue weighted by Gasteiger charge is -2.38. The molecule has 2 aliphatic heterocycles. The summed E-state index contributed by atoms with van der Waals surface area (Å²) in [5, 5.41) is 0. The van der Waals surface area contributed by atoms with Gasteiger partial charge in [0.05, 0.1) is 11.1 Å². The Morgan fingerprint density at radius 3 is 2.26 bits per heavy atom. The number of rotatable bonds is 1. The summed E-state index contributed by atoms with van der Waals surface area (Å²) in [7, 11) is 0. The zero-order valence-electron chi connectivity index (χ0n) is 14.3.